The third kappa shape index (κ3) is 5.65. The summed E-state index contributed by atoms with van der Waals surface area (Å²) in [6.45, 7) is 11.2. The zero-order chi connectivity index (χ0) is 13.4. The molecular formula is C14H30N2O2. The van der Waals surface area contributed by atoms with Crippen LogP contribution in [0.4, 0.5) is 0 Å². The van der Waals surface area contributed by atoms with Gasteiger partial charge in [-0.25, -0.2) is 0 Å². The first kappa shape index (κ1) is 15.9. The van der Waals surface area contributed by atoms with E-state index in [9.17, 15) is 0 Å². The van der Waals surface area contributed by atoms with Crippen molar-refractivity contribution in [3.05, 3.63) is 0 Å². The highest BCUT2D eigenvalue weighted by molar-refractivity contribution is 4.81. The lowest BCUT2D eigenvalue weighted by molar-refractivity contribution is -0.139. The summed E-state index contributed by atoms with van der Waals surface area (Å²) in [5, 5.41) is 3.65. The SMILES string of the molecule is CCOC(CCNC1CCN(C)CC1C)OCC. The first-order chi connectivity index (χ1) is 8.67. The van der Waals surface area contributed by atoms with Gasteiger partial charge in [-0.3, -0.25) is 0 Å². The molecule has 0 bridgehead atoms. The van der Waals surface area contributed by atoms with Crippen molar-refractivity contribution in [1.82, 2.24) is 10.2 Å². The van der Waals surface area contributed by atoms with E-state index >= 15 is 0 Å². The van der Waals surface area contributed by atoms with Gasteiger partial charge in [0.2, 0.25) is 0 Å². The van der Waals surface area contributed by atoms with E-state index in [2.05, 4.69) is 24.2 Å². The fourth-order valence-electron chi connectivity index (χ4n) is 2.63. The Kier molecular flexibility index (Phi) is 7.82. The molecule has 1 N–H and O–H groups in total. The summed E-state index contributed by atoms with van der Waals surface area (Å²) >= 11 is 0. The summed E-state index contributed by atoms with van der Waals surface area (Å²) in [4.78, 5) is 2.41. The molecular weight excluding hydrogens is 228 g/mol. The van der Waals surface area contributed by atoms with Gasteiger partial charge < -0.3 is 19.7 Å². The van der Waals surface area contributed by atoms with E-state index in [1.165, 1.54) is 19.5 Å². The first-order valence-electron chi connectivity index (χ1n) is 7.32. The molecule has 0 spiro atoms. The molecule has 18 heavy (non-hydrogen) atoms. The Morgan fingerprint density at radius 2 is 1.94 bits per heavy atom. The molecule has 0 aromatic rings. The van der Waals surface area contributed by atoms with Crippen LogP contribution in [0.1, 0.15) is 33.6 Å². The molecule has 1 rings (SSSR count). The lowest BCUT2D eigenvalue weighted by Crippen LogP contribution is -2.47. The van der Waals surface area contributed by atoms with E-state index in [4.69, 9.17) is 9.47 Å². The lowest BCUT2D eigenvalue weighted by Gasteiger charge is -2.35. The van der Waals surface area contributed by atoms with Crippen molar-refractivity contribution in [1.29, 1.82) is 0 Å². The molecule has 0 aromatic heterocycles. The molecule has 0 saturated carbocycles. The van der Waals surface area contributed by atoms with Crippen LogP contribution in [0.15, 0.2) is 0 Å². The standard InChI is InChI=1S/C14H30N2O2/c1-5-17-14(18-6-2)7-9-15-13-8-10-16(4)11-12(13)3/h12-15H,5-11H2,1-4H3. The number of rotatable bonds is 8. The van der Waals surface area contributed by atoms with Gasteiger partial charge in [0, 0.05) is 38.8 Å². The van der Waals surface area contributed by atoms with Gasteiger partial charge in [-0.1, -0.05) is 6.92 Å². The van der Waals surface area contributed by atoms with E-state index < -0.39 is 0 Å². The summed E-state index contributed by atoms with van der Waals surface area (Å²) in [5.74, 6) is 0.724. The Bertz CT molecular complexity index is 208. The van der Waals surface area contributed by atoms with Crippen LogP contribution >= 0.6 is 0 Å². The Morgan fingerprint density at radius 3 is 2.50 bits per heavy atom. The number of likely N-dealkylation sites (tertiary alicyclic amines) is 1. The minimum absolute atomic E-state index is 0.0472. The van der Waals surface area contributed by atoms with Gasteiger partial charge in [0.05, 0.1) is 0 Å². The highest BCUT2D eigenvalue weighted by Crippen LogP contribution is 2.15. The summed E-state index contributed by atoms with van der Waals surface area (Å²) < 4.78 is 11.1. The molecule has 1 aliphatic rings. The van der Waals surface area contributed by atoms with Crippen LogP contribution in [0.25, 0.3) is 0 Å². The fraction of sp³-hybridized carbons (Fsp3) is 1.00. The van der Waals surface area contributed by atoms with E-state index in [1.807, 2.05) is 13.8 Å². The van der Waals surface area contributed by atoms with E-state index in [0.29, 0.717) is 6.04 Å². The van der Waals surface area contributed by atoms with Crippen molar-refractivity contribution in [3.8, 4) is 0 Å². The smallest absolute Gasteiger partial charge is 0.158 e. The number of hydrogen-bond donors (Lipinski definition) is 1. The maximum atomic E-state index is 5.55. The van der Waals surface area contributed by atoms with Crippen molar-refractivity contribution in [2.75, 3.05) is 39.9 Å². The summed E-state index contributed by atoms with van der Waals surface area (Å²) in [5.41, 5.74) is 0. The topological polar surface area (TPSA) is 33.7 Å². The van der Waals surface area contributed by atoms with Crippen LogP contribution in [0.5, 0.6) is 0 Å². The lowest BCUT2D eigenvalue weighted by atomic mass is 9.94. The third-order valence-corrected chi connectivity index (χ3v) is 3.60. The largest absolute Gasteiger partial charge is 0.353 e. The molecule has 2 atom stereocenters. The highest BCUT2D eigenvalue weighted by Gasteiger charge is 2.23. The predicted molar refractivity (Wildman–Crippen MR) is 74.7 cm³/mol. The Morgan fingerprint density at radius 1 is 1.28 bits per heavy atom. The minimum atomic E-state index is -0.0472. The number of piperidine rings is 1. The molecule has 0 amide bonds. The quantitative estimate of drug-likeness (QED) is 0.672. The Hall–Kier alpha value is -0.160. The van der Waals surface area contributed by atoms with E-state index in [1.54, 1.807) is 0 Å². The van der Waals surface area contributed by atoms with E-state index in [-0.39, 0.29) is 6.29 Å². The maximum absolute atomic E-state index is 5.55. The molecule has 0 aliphatic carbocycles. The Balaban J connectivity index is 2.19. The van der Waals surface area contributed by atoms with Crippen LogP contribution in [-0.4, -0.2) is 57.1 Å². The van der Waals surface area contributed by atoms with Gasteiger partial charge in [0.1, 0.15) is 0 Å². The molecule has 2 unspecified atom stereocenters. The molecule has 4 nitrogen and oxygen atoms in total. The molecule has 1 heterocycles. The van der Waals surface area contributed by atoms with Gasteiger partial charge in [-0.15, -0.1) is 0 Å². The maximum Gasteiger partial charge on any atom is 0.158 e. The number of hydrogen-bond acceptors (Lipinski definition) is 4. The summed E-state index contributed by atoms with van der Waals surface area (Å²) in [6, 6.07) is 0.644. The van der Waals surface area contributed by atoms with Crippen molar-refractivity contribution >= 4 is 0 Å². The van der Waals surface area contributed by atoms with Gasteiger partial charge in [0.15, 0.2) is 6.29 Å². The van der Waals surface area contributed by atoms with Crippen LogP contribution in [-0.2, 0) is 9.47 Å². The summed E-state index contributed by atoms with van der Waals surface area (Å²) in [7, 11) is 2.20. The van der Waals surface area contributed by atoms with Crippen molar-refractivity contribution in [2.45, 2.75) is 45.9 Å². The van der Waals surface area contributed by atoms with Crippen LogP contribution in [0.2, 0.25) is 0 Å². The molecule has 1 saturated heterocycles. The highest BCUT2D eigenvalue weighted by atomic mass is 16.7. The molecule has 4 heteroatoms. The molecule has 108 valence electrons. The third-order valence-electron chi connectivity index (χ3n) is 3.60. The fourth-order valence-corrected chi connectivity index (χ4v) is 2.63. The van der Waals surface area contributed by atoms with Crippen LogP contribution in [0.3, 0.4) is 0 Å². The number of nitrogens with one attached hydrogen (secondary N) is 1. The molecule has 0 radical (unpaired) electrons. The van der Waals surface area contributed by atoms with Gasteiger partial charge in [-0.05, 0) is 39.8 Å². The first-order valence-corrected chi connectivity index (χ1v) is 7.32. The predicted octanol–water partition coefficient (Wildman–Crippen LogP) is 1.71. The number of nitrogens with zero attached hydrogens (tertiary/aromatic N) is 1. The monoisotopic (exact) mass is 258 g/mol. The molecule has 1 fully saturated rings. The average molecular weight is 258 g/mol. The van der Waals surface area contributed by atoms with Crippen molar-refractivity contribution in [3.63, 3.8) is 0 Å². The van der Waals surface area contributed by atoms with Crippen molar-refractivity contribution < 1.29 is 9.47 Å². The Labute approximate surface area is 112 Å². The zero-order valence-corrected chi connectivity index (χ0v) is 12.4. The van der Waals surface area contributed by atoms with E-state index in [0.717, 1.165) is 32.1 Å². The molecule has 0 aromatic carbocycles. The molecule has 1 aliphatic heterocycles. The average Bonchev–Trinajstić information content (AvgIpc) is 2.32. The van der Waals surface area contributed by atoms with Gasteiger partial charge in [-0.2, -0.15) is 0 Å². The number of ether oxygens (including phenoxy) is 2. The second-order valence-electron chi connectivity index (χ2n) is 5.22. The van der Waals surface area contributed by atoms with Gasteiger partial charge in [0.25, 0.3) is 0 Å². The summed E-state index contributed by atoms with van der Waals surface area (Å²) in [6.07, 6.45) is 2.13. The van der Waals surface area contributed by atoms with Crippen LogP contribution < -0.4 is 5.32 Å². The second-order valence-corrected chi connectivity index (χ2v) is 5.22. The second kappa shape index (κ2) is 8.86. The van der Waals surface area contributed by atoms with Crippen molar-refractivity contribution in [2.24, 2.45) is 5.92 Å². The normalized spacial score (nSPS) is 25.8. The minimum Gasteiger partial charge on any atom is -0.353 e. The van der Waals surface area contributed by atoms with Crippen LogP contribution in [0, 0.1) is 5.92 Å². The van der Waals surface area contributed by atoms with Gasteiger partial charge >= 0.3 is 0 Å². The zero-order valence-electron chi connectivity index (χ0n) is 12.4.